The third-order valence-electron chi connectivity index (χ3n) is 5.00. The van der Waals surface area contributed by atoms with Gasteiger partial charge in [0.1, 0.15) is 0 Å². The van der Waals surface area contributed by atoms with Gasteiger partial charge in [-0.15, -0.1) is 0 Å². The molecule has 1 aliphatic rings. The summed E-state index contributed by atoms with van der Waals surface area (Å²) in [6, 6.07) is 21.4. The van der Waals surface area contributed by atoms with E-state index in [4.69, 9.17) is 23.2 Å². The molecule has 0 saturated heterocycles. The number of urea groups is 1. The van der Waals surface area contributed by atoms with Gasteiger partial charge in [0.05, 0.1) is 11.7 Å². The van der Waals surface area contributed by atoms with E-state index in [0.717, 1.165) is 27.9 Å². The van der Waals surface area contributed by atoms with Gasteiger partial charge in [-0.2, -0.15) is 0 Å². The lowest BCUT2D eigenvalue weighted by atomic mass is 9.91. The molecule has 5 heteroatoms. The lowest BCUT2D eigenvalue weighted by Crippen LogP contribution is -2.46. The quantitative estimate of drug-likeness (QED) is 0.501. The molecule has 0 aliphatic carbocycles. The van der Waals surface area contributed by atoms with E-state index in [2.05, 4.69) is 6.07 Å². The van der Waals surface area contributed by atoms with Crippen LogP contribution < -0.4 is 4.90 Å². The molecular formula is C22H18Cl2N2O. The average molecular weight is 397 g/mol. The lowest BCUT2D eigenvalue weighted by molar-refractivity contribution is 0.203. The summed E-state index contributed by atoms with van der Waals surface area (Å²) in [6.45, 7) is 0. The fourth-order valence-electron chi connectivity index (χ4n) is 3.64. The first-order chi connectivity index (χ1) is 13.0. The molecule has 1 heterocycles. The SMILES string of the molecule is CN1C(=O)N(C)C(c2cccc(Cl)c2)c2cc(-c3ccc(Cl)cc3)ccc21. The standard InChI is InChI=1S/C22H18Cl2N2O/c1-25-20-11-8-15(14-6-9-17(23)10-7-14)13-19(20)21(26(2)22(25)27)16-4-3-5-18(24)12-16/h3-13,21H,1-2H3. The van der Waals surface area contributed by atoms with Crippen LogP contribution in [0, 0.1) is 0 Å². The summed E-state index contributed by atoms with van der Waals surface area (Å²) in [7, 11) is 3.62. The Morgan fingerprint density at radius 3 is 2.22 bits per heavy atom. The molecule has 0 spiro atoms. The van der Waals surface area contributed by atoms with Crippen LogP contribution in [0.1, 0.15) is 17.2 Å². The van der Waals surface area contributed by atoms with Gasteiger partial charge in [-0.25, -0.2) is 4.79 Å². The highest BCUT2D eigenvalue weighted by atomic mass is 35.5. The smallest absolute Gasteiger partial charge is 0.316 e. The first-order valence-electron chi connectivity index (χ1n) is 8.61. The summed E-state index contributed by atoms with van der Waals surface area (Å²) in [5.41, 5.74) is 5.11. The monoisotopic (exact) mass is 396 g/mol. The summed E-state index contributed by atoms with van der Waals surface area (Å²) in [6.07, 6.45) is 0. The Morgan fingerprint density at radius 1 is 0.815 bits per heavy atom. The largest absolute Gasteiger partial charge is 0.324 e. The highest BCUT2D eigenvalue weighted by Gasteiger charge is 2.34. The lowest BCUT2D eigenvalue weighted by Gasteiger charge is -2.40. The van der Waals surface area contributed by atoms with Gasteiger partial charge in [-0.1, -0.05) is 53.5 Å². The van der Waals surface area contributed by atoms with Crippen molar-refractivity contribution in [2.75, 3.05) is 19.0 Å². The Labute approximate surface area is 168 Å². The molecule has 1 atom stereocenters. The second kappa shape index (κ2) is 6.91. The van der Waals surface area contributed by atoms with Crippen LogP contribution in [0.4, 0.5) is 10.5 Å². The van der Waals surface area contributed by atoms with E-state index in [-0.39, 0.29) is 12.1 Å². The van der Waals surface area contributed by atoms with E-state index in [9.17, 15) is 4.79 Å². The molecule has 1 aliphatic heterocycles. The Kier molecular flexibility index (Phi) is 4.58. The second-order valence-corrected chi connectivity index (χ2v) is 7.56. The highest BCUT2D eigenvalue weighted by Crippen LogP contribution is 2.41. The number of amides is 2. The number of rotatable bonds is 2. The Balaban J connectivity index is 1.89. The number of halogens is 2. The van der Waals surface area contributed by atoms with Crippen LogP contribution in [0.15, 0.2) is 66.7 Å². The maximum absolute atomic E-state index is 12.8. The Bertz CT molecular complexity index is 1020. The van der Waals surface area contributed by atoms with E-state index in [0.29, 0.717) is 10.0 Å². The van der Waals surface area contributed by atoms with E-state index < -0.39 is 0 Å². The van der Waals surface area contributed by atoms with Crippen molar-refractivity contribution < 1.29 is 4.79 Å². The molecule has 136 valence electrons. The van der Waals surface area contributed by atoms with Crippen LogP contribution in [0.2, 0.25) is 10.0 Å². The van der Waals surface area contributed by atoms with E-state index in [1.165, 1.54) is 0 Å². The van der Waals surface area contributed by atoms with Gasteiger partial charge in [-0.05, 0) is 53.1 Å². The molecule has 1 unspecified atom stereocenters. The fourth-order valence-corrected chi connectivity index (χ4v) is 3.96. The van der Waals surface area contributed by atoms with Gasteiger partial charge < -0.3 is 4.90 Å². The minimum atomic E-state index is -0.199. The number of hydrogen-bond acceptors (Lipinski definition) is 1. The van der Waals surface area contributed by atoms with Crippen molar-refractivity contribution in [3.8, 4) is 11.1 Å². The summed E-state index contributed by atoms with van der Waals surface area (Å²) in [4.78, 5) is 16.2. The second-order valence-electron chi connectivity index (χ2n) is 6.69. The van der Waals surface area contributed by atoms with Gasteiger partial charge in [0.15, 0.2) is 0 Å². The number of hydrogen-bond donors (Lipinski definition) is 0. The molecule has 3 aromatic carbocycles. The van der Waals surface area contributed by atoms with Crippen LogP contribution in [-0.4, -0.2) is 25.0 Å². The van der Waals surface area contributed by atoms with Gasteiger partial charge in [0.2, 0.25) is 0 Å². The first-order valence-corrected chi connectivity index (χ1v) is 9.37. The molecule has 0 radical (unpaired) electrons. The highest BCUT2D eigenvalue weighted by molar-refractivity contribution is 6.30. The molecular weight excluding hydrogens is 379 g/mol. The van der Waals surface area contributed by atoms with Crippen molar-refractivity contribution in [1.29, 1.82) is 0 Å². The summed E-state index contributed by atoms with van der Waals surface area (Å²) in [5, 5.41) is 1.36. The van der Waals surface area contributed by atoms with Crippen LogP contribution >= 0.6 is 23.2 Å². The predicted molar refractivity (Wildman–Crippen MR) is 112 cm³/mol. The molecule has 0 bridgehead atoms. The zero-order chi connectivity index (χ0) is 19.1. The van der Waals surface area contributed by atoms with Crippen LogP contribution in [-0.2, 0) is 0 Å². The zero-order valence-electron chi connectivity index (χ0n) is 15.0. The zero-order valence-corrected chi connectivity index (χ0v) is 16.5. The predicted octanol–water partition coefficient (Wildman–Crippen LogP) is 6.25. The minimum absolute atomic E-state index is 0.0493. The van der Waals surface area contributed by atoms with Crippen molar-refractivity contribution in [3.05, 3.63) is 87.9 Å². The molecule has 4 rings (SSSR count). The number of anilines is 1. The Hall–Kier alpha value is -2.49. The van der Waals surface area contributed by atoms with Gasteiger partial charge in [0, 0.05) is 29.7 Å². The number of fused-ring (bicyclic) bond motifs is 1. The first kappa shape index (κ1) is 17.9. The summed E-state index contributed by atoms with van der Waals surface area (Å²) in [5.74, 6) is 0. The van der Waals surface area contributed by atoms with Crippen molar-refractivity contribution in [2.45, 2.75) is 6.04 Å². The average Bonchev–Trinajstić information content (AvgIpc) is 2.67. The maximum Gasteiger partial charge on any atom is 0.324 e. The molecule has 3 aromatic rings. The van der Waals surface area contributed by atoms with Gasteiger partial charge in [0.25, 0.3) is 0 Å². The third kappa shape index (κ3) is 3.18. The number of carbonyl (C=O) groups is 1. The van der Waals surface area contributed by atoms with Crippen molar-refractivity contribution >= 4 is 34.9 Å². The van der Waals surface area contributed by atoms with Gasteiger partial charge in [-0.3, -0.25) is 4.90 Å². The maximum atomic E-state index is 12.8. The normalized spacial score (nSPS) is 16.4. The van der Waals surface area contributed by atoms with Crippen LogP contribution in [0.3, 0.4) is 0 Å². The molecule has 0 saturated carbocycles. The van der Waals surface area contributed by atoms with E-state index in [1.807, 2.05) is 67.7 Å². The molecule has 0 aromatic heterocycles. The summed E-state index contributed by atoms with van der Waals surface area (Å²) >= 11 is 12.2. The number of carbonyl (C=O) groups excluding carboxylic acids is 1. The molecule has 3 nitrogen and oxygen atoms in total. The van der Waals surface area contributed by atoms with Crippen molar-refractivity contribution in [3.63, 3.8) is 0 Å². The third-order valence-corrected chi connectivity index (χ3v) is 5.49. The van der Waals surface area contributed by atoms with Crippen LogP contribution in [0.25, 0.3) is 11.1 Å². The van der Waals surface area contributed by atoms with Gasteiger partial charge >= 0.3 is 6.03 Å². The van der Waals surface area contributed by atoms with Crippen LogP contribution in [0.5, 0.6) is 0 Å². The molecule has 27 heavy (non-hydrogen) atoms. The molecule has 0 fully saturated rings. The number of nitrogens with zero attached hydrogens (tertiary/aromatic N) is 2. The van der Waals surface area contributed by atoms with E-state index >= 15 is 0 Å². The van der Waals surface area contributed by atoms with E-state index in [1.54, 1.807) is 16.8 Å². The topological polar surface area (TPSA) is 23.6 Å². The minimum Gasteiger partial charge on any atom is -0.316 e. The molecule has 2 amide bonds. The number of benzene rings is 3. The van der Waals surface area contributed by atoms with Crippen molar-refractivity contribution in [1.82, 2.24) is 4.90 Å². The molecule has 0 N–H and O–H groups in total. The fraction of sp³-hybridized carbons (Fsp3) is 0.136. The summed E-state index contributed by atoms with van der Waals surface area (Å²) < 4.78 is 0. The van der Waals surface area contributed by atoms with Crippen molar-refractivity contribution in [2.24, 2.45) is 0 Å². The Morgan fingerprint density at radius 2 is 1.52 bits per heavy atom.